The second kappa shape index (κ2) is 11.0. The first-order valence-corrected chi connectivity index (χ1v) is 12.5. The lowest BCUT2D eigenvalue weighted by atomic mass is 10.1. The number of aryl methyl sites for hydroxylation is 1. The summed E-state index contributed by atoms with van der Waals surface area (Å²) in [6.07, 6.45) is -0.501. The highest BCUT2D eigenvalue weighted by molar-refractivity contribution is 8.00. The van der Waals surface area contributed by atoms with Gasteiger partial charge >= 0.3 is 17.1 Å². The van der Waals surface area contributed by atoms with Gasteiger partial charge in [0, 0.05) is 12.4 Å². The average molecular weight is 513 g/mol. The normalized spacial score (nSPS) is 13.1. The molecule has 36 heavy (non-hydrogen) atoms. The largest absolute Gasteiger partial charge is 0.490 e. The van der Waals surface area contributed by atoms with Crippen LogP contribution in [0.15, 0.2) is 57.2 Å². The topological polar surface area (TPSA) is 128 Å². The lowest BCUT2D eigenvalue weighted by Crippen LogP contribution is -2.35. The SMILES string of the molecule is CCOC(=O)C(CC)Sc1nc2c([nH]c(=O)c(=O)n2C)n1CC(O)COc1cccc2ccccc12. The number of aromatic amines is 1. The van der Waals surface area contributed by atoms with Crippen molar-refractivity contribution in [2.75, 3.05) is 13.2 Å². The van der Waals surface area contributed by atoms with Crippen LogP contribution >= 0.6 is 11.8 Å². The van der Waals surface area contributed by atoms with Gasteiger partial charge in [-0.3, -0.25) is 19.0 Å². The van der Waals surface area contributed by atoms with Crippen LogP contribution in [0.25, 0.3) is 22.1 Å². The summed E-state index contributed by atoms with van der Waals surface area (Å²) in [4.78, 5) is 43.9. The van der Waals surface area contributed by atoms with Crippen LogP contribution in [-0.4, -0.2) is 54.7 Å². The summed E-state index contributed by atoms with van der Waals surface area (Å²) < 4.78 is 13.8. The van der Waals surface area contributed by atoms with Crippen molar-refractivity contribution in [1.82, 2.24) is 19.1 Å². The maximum atomic E-state index is 12.4. The molecule has 10 nitrogen and oxygen atoms in total. The van der Waals surface area contributed by atoms with Crippen LogP contribution < -0.4 is 15.9 Å². The first-order chi connectivity index (χ1) is 17.3. The Morgan fingerprint density at radius 2 is 1.92 bits per heavy atom. The molecule has 0 aliphatic rings. The molecule has 0 saturated heterocycles. The van der Waals surface area contributed by atoms with Crippen LogP contribution in [0.3, 0.4) is 0 Å². The van der Waals surface area contributed by atoms with Gasteiger partial charge in [-0.05, 0) is 24.8 Å². The van der Waals surface area contributed by atoms with Gasteiger partial charge in [-0.1, -0.05) is 55.1 Å². The van der Waals surface area contributed by atoms with Crippen LogP contribution in [-0.2, 0) is 23.1 Å². The number of nitrogens with zero attached hydrogens (tertiary/aromatic N) is 3. The third-order valence-corrected chi connectivity index (χ3v) is 7.04. The predicted octanol–water partition coefficient (Wildman–Crippen LogP) is 2.45. The molecular weight excluding hydrogens is 484 g/mol. The smallest absolute Gasteiger partial charge is 0.319 e. The molecule has 0 aliphatic carbocycles. The second-order valence-electron chi connectivity index (χ2n) is 8.20. The Kier molecular flexibility index (Phi) is 7.80. The number of aromatic nitrogens is 4. The molecule has 11 heteroatoms. The van der Waals surface area contributed by atoms with Gasteiger partial charge in [0.1, 0.15) is 23.7 Å². The fraction of sp³-hybridized carbons (Fsp3) is 0.360. The van der Waals surface area contributed by atoms with Crippen LogP contribution in [0, 0.1) is 0 Å². The number of rotatable bonds is 10. The van der Waals surface area contributed by atoms with Gasteiger partial charge in [0.05, 0.1) is 13.2 Å². The Bertz CT molecular complexity index is 1500. The average Bonchev–Trinajstić information content (AvgIpc) is 3.21. The summed E-state index contributed by atoms with van der Waals surface area (Å²) in [7, 11) is 1.45. The number of esters is 1. The number of aliphatic hydroxyl groups is 1. The van der Waals surface area contributed by atoms with Crippen LogP contribution in [0.2, 0.25) is 0 Å². The minimum Gasteiger partial charge on any atom is -0.490 e. The monoisotopic (exact) mass is 512 g/mol. The molecule has 2 atom stereocenters. The van der Waals surface area contributed by atoms with E-state index >= 15 is 0 Å². The lowest BCUT2D eigenvalue weighted by Gasteiger charge is -2.17. The summed E-state index contributed by atoms with van der Waals surface area (Å²) >= 11 is 1.16. The van der Waals surface area contributed by atoms with Crippen molar-refractivity contribution >= 4 is 39.8 Å². The molecule has 0 spiro atoms. The zero-order valence-electron chi connectivity index (χ0n) is 20.3. The van der Waals surface area contributed by atoms with E-state index in [0.717, 1.165) is 27.1 Å². The second-order valence-corrected chi connectivity index (χ2v) is 9.37. The van der Waals surface area contributed by atoms with Crippen molar-refractivity contribution in [2.24, 2.45) is 7.05 Å². The molecule has 2 heterocycles. The molecule has 4 rings (SSSR count). The third kappa shape index (κ3) is 5.17. The standard InChI is InChI=1S/C25H28N4O6S/c1-4-19(24(33)34-5-2)36-25-27-20-21(26-22(31)23(32)28(20)3)29(25)13-16(30)14-35-18-12-8-10-15-9-6-7-11-17(15)18/h6-12,16,19,30H,4-5,13-14H2,1-3H3,(H,26,31). The number of thioether (sulfide) groups is 1. The number of nitrogens with one attached hydrogen (secondary N) is 1. The fourth-order valence-corrected chi connectivity index (χ4v) is 4.90. The summed E-state index contributed by atoms with van der Waals surface area (Å²) in [5.74, 6) is 0.257. The molecule has 0 radical (unpaired) electrons. The van der Waals surface area contributed by atoms with E-state index in [1.54, 1.807) is 11.5 Å². The molecule has 2 aromatic carbocycles. The van der Waals surface area contributed by atoms with E-state index in [1.807, 2.05) is 49.4 Å². The summed E-state index contributed by atoms with van der Waals surface area (Å²) in [5.41, 5.74) is -1.04. The first-order valence-electron chi connectivity index (χ1n) is 11.7. The van der Waals surface area contributed by atoms with Gasteiger partial charge in [-0.25, -0.2) is 4.98 Å². The number of ether oxygens (including phenoxy) is 2. The Morgan fingerprint density at radius 3 is 2.67 bits per heavy atom. The number of H-pyrrole nitrogens is 1. The van der Waals surface area contributed by atoms with Crippen molar-refractivity contribution in [3.8, 4) is 5.75 Å². The highest BCUT2D eigenvalue weighted by Gasteiger charge is 2.25. The molecule has 0 amide bonds. The number of fused-ring (bicyclic) bond motifs is 2. The number of carbonyl (C=O) groups excluding carboxylic acids is 1. The number of aliphatic hydroxyl groups excluding tert-OH is 1. The minimum atomic E-state index is -0.982. The van der Waals surface area contributed by atoms with E-state index in [9.17, 15) is 19.5 Å². The molecular formula is C25H28N4O6S. The van der Waals surface area contributed by atoms with Crippen LogP contribution in [0.4, 0.5) is 0 Å². The molecule has 2 unspecified atom stereocenters. The van der Waals surface area contributed by atoms with E-state index in [4.69, 9.17) is 9.47 Å². The van der Waals surface area contributed by atoms with Crippen molar-refractivity contribution in [3.63, 3.8) is 0 Å². The Labute approximate surface area is 210 Å². The Morgan fingerprint density at radius 1 is 1.17 bits per heavy atom. The van der Waals surface area contributed by atoms with Gasteiger partial charge in [0.25, 0.3) is 0 Å². The van der Waals surface area contributed by atoms with Gasteiger partial charge in [0.2, 0.25) is 0 Å². The van der Waals surface area contributed by atoms with Gasteiger partial charge in [-0.15, -0.1) is 0 Å². The predicted molar refractivity (Wildman–Crippen MR) is 138 cm³/mol. The molecule has 0 fully saturated rings. The molecule has 4 aromatic rings. The molecule has 0 aliphatic heterocycles. The molecule has 190 valence electrons. The lowest BCUT2D eigenvalue weighted by molar-refractivity contribution is -0.142. The summed E-state index contributed by atoms with van der Waals surface area (Å²) in [5, 5.41) is 12.6. The number of carbonyl (C=O) groups is 1. The highest BCUT2D eigenvalue weighted by atomic mass is 32.2. The molecule has 0 bridgehead atoms. The molecule has 2 N–H and O–H groups in total. The zero-order valence-corrected chi connectivity index (χ0v) is 21.1. The summed E-state index contributed by atoms with van der Waals surface area (Å²) in [6, 6.07) is 13.5. The number of hydrogen-bond acceptors (Lipinski definition) is 8. The minimum absolute atomic E-state index is 0.0109. The van der Waals surface area contributed by atoms with E-state index in [1.165, 1.54) is 7.05 Å². The van der Waals surface area contributed by atoms with Crippen molar-refractivity contribution in [1.29, 1.82) is 0 Å². The van der Waals surface area contributed by atoms with Crippen LogP contribution in [0.5, 0.6) is 5.75 Å². The quantitative estimate of drug-likeness (QED) is 0.188. The van der Waals surface area contributed by atoms with Crippen LogP contribution in [0.1, 0.15) is 20.3 Å². The van der Waals surface area contributed by atoms with E-state index in [2.05, 4.69) is 9.97 Å². The van der Waals surface area contributed by atoms with E-state index in [0.29, 0.717) is 17.3 Å². The van der Waals surface area contributed by atoms with Crippen molar-refractivity contribution in [2.45, 2.75) is 43.3 Å². The maximum absolute atomic E-state index is 12.4. The highest BCUT2D eigenvalue weighted by Crippen LogP contribution is 2.29. The number of benzene rings is 2. The van der Waals surface area contributed by atoms with E-state index in [-0.39, 0.29) is 37.0 Å². The Hall–Kier alpha value is -3.57. The Balaban J connectivity index is 1.64. The fourth-order valence-electron chi connectivity index (χ4n) is 3.88. The van der Waals surface area contributed by atoms with Gasteiger partial charge in [0.15, 0.2) is 16.5 Å². The van der Waals surface area contributed by atoms with Crippen molar-refractivity contribution < 1.29 is 19.4 Å². The summed E-state index contributed by atoms with van der Waals surface area (Å²) in [6.45, 7) is 3.82. The zero-order chi connectivity index (χ0) is 25.8. The van der Waals surface area contributed by atoms with Gasteiger partial charge in [-0.2, -0.15) is 0 Å². The molecule has 2 aromatic heterocycles. The molecule has 0 saturated carbocycles. The number of hydrogen-bond donors (Lipinski definition) is 2. The van der Waals surface area contributed by atoms with E-state index < -0.39 is 22.5 Å². The van der Waals surface area contributed by atoms with Gasteiger partial charge < -0.3 is 24.1 Å². The van der Waals surface area contributed by atoms with Crippen molar-refractivity contribution in [3.05, 3.63) is 63.2 Å². The number of imidazole rings is 1. The first kappa shape index (κ1) is 25.5. The third-order valence-electron chi connectivity index (χ3n) is 5.70. The maximum Gasteiger partial charge on any atom is 0.319 e.